The molecule has 0 bridgehead atoms. The van der Waals surface area contributed by atoms with E-state index < -0.39 is 25.5 Å². The minimum atomic E-state index is -3.63. The van der Waals surface area contributed by atoms with E-state index in [1.165, 1.54) is 0 Å². The summed E-state index contributed by atoms with van der Waals surface area (Å²) in [5.74, 6) is 0.103. The summed E-state index contributed by atoms with van der Waals surface area (Å²) >= 11 is 0. The van der Waals surface area contributed by atoms with Gasteiger partial charge in [-0.1, -0.05) is 6.07 Å². The zero-order valence-corrected chi connectivity index (χ0v) is 15.5. The average Bonchev–Trinajstić information content (AvgIpc) is 2.76. The summed E-state index contributed by atoms with van der Waals surface area (Å²) in [4.78, 5) is 0.241. The monoisotopic (exact) mass is 373 g/mol. The van der Waals surface area contributed by atoms with Gasteiger partial charge in [0.1, 0.15) is 0 Å². The van der Waals surface area contributed by atoms with Crippen molar-refractivity contribution in [2.75, 3.05) is 18.1 Å². The maximum atomic E-state index is 12.6. The molecule has 2 aliphatic rings. The summed E-state index contributed by atoms with van der Waals surface area (Å²) in [6, 6.07) is 4.74. The third-order valence-corrected chi connectivity index (χ3v) is 8.27. The van der Waals surface area contributed by atoms with Crippen LogP contribution in [-0.2, 0) is 24.6 Å². The van der Waals surface area contributed by atoms with Gasteiger partial charge in [-0.3, -0.25) is 0 Å². The molecule has 1 N–H and O–H groups in total. The summed E-state index contributed by atoms with van der Waals surface area (Å²) < 4.78 is 57.3. The van der Waals surface area contributed by atoms with E-state index in [0.29, 0.717) is 25.9 Å². The smallest absolute Gasteiger partial charge is 0.240 e. The van der Waals surface area contributed by atoms with Crippen molar-refractivity contribution in [3.8, 4) is 0 Å². The molecule has 24 heavy (non-hydrogen) atoms. The van der Waals surface area contributed by atoms with Gasteiger partial charge >= 0.3 is 0 Å². The second-order valence-electron chi connectivity index (χ2n) is 6.93. The van der Waals surface area contributed by atoms with Gasteiger partial charge in [-0.2, -0.15) is 0 Å². The second kappa shape index (κ2) is 6.09. The molecular weight excluding hydrogens is 350 g/mol. The lowest BCUT2D eigenvalue weighted by molar-refractivity contribution is -0.0675. The average molecular weight is 373 g/mol. The van der Waals surface area contributed by atoms with E-state index in [0.717, 1.165) is 11.1 Å². The highest BCUT2D eigenvalue weighted by Crippen LogP contribution is 2.36. The number of nitrogens with one attached hydrogen (secondary N) is 1. The van der Waals surface area contributed by atoms with Gasteiger partial charge in [0, 0.05) is 12.6 Å². The van der Waals surface area contributed by atoms with Crippen molar-refractivity contribution in [2.24, 2.45) is 0 Å². The van der Waals surface area contributed by atoms with E-state index in [1.807, 2.05) is 13.8 Å². The van der Waals surface area contributed by atoms with E-state index in [2.05, 4.69) is 4.72 Å². The Morgan fingerprint density at radius 2 is 2.00 bits per heavy atom. The molecule has 0 saturated carbocycles. The van der Waals surface area contributed by atoms with Crippen LogP contribution in [0.15, 0.2) is 23.1 Å². The van der Waals surface area contributed by atoms with Crippen LogP contribution in [0.5, 0.6) is 0 Å². The Morgan fingerprint density at radius 3 is 2.62 bits per heavy atom. The molecule has 2 atom stereocenters. The zero-order valence-electron chi connectivity index (χ0n) is 13.9. The van der Waals surface area contributed by atoms with Crippen molar-refractivity contribution in [1.82, 2.24) is 4.72 Å². The molecule has 2 fully saturated rings. The maximum absolute atomic E-state index is 12.6. The quantitative estimate of drug-likeness (QED) is 0.863. The van der Waals surface area contributed by atoms with Crippen LogP contribution in [0.2, 0.25) is 0 Å². The lowest BCUT2D eigenvalue weighted by Gasteiger charge is -2.37. The van der Waals surface area contributed by atoms with Gasteiger partial charge in [0.2, 0.25) is 10.0 Å². The van der Waals surface area contributed by atoms with Crippen molar-refractivity contribution in [2.45, 2.75) is 49.6 Å². The van der Waals surface area contributed by atoms with E-state index in [4.69, 9.17) is 4.74 Å². The molecule has 3 rings (SSSR count). The van der Waals surface area contributed by atoms with Gasteiger partial charge in [0.15, 0.2) is 9.84 Å². The van der Waals surface area contributed by atoms with Crippen LogP contribution in [0.25, 0.3) is 0 Å². The van der Waals surface area contributed by atoms with Crippen LogP contribution in [0.4, 0.5) is 0 Å². The van der Waals surface area contributed by atoms with Gasteiger partial charge in [-0.15, -0.1) is 0 Å². The minimum Gasteiger partial charge on any atom is -0.374 e. The van der Waals surface area contributed by atoms with Crippen molar-refractivity contribution in [3.05, 3.63) is 29.3 Å². The molecule has 2 saturated heterocycles. The number of benzene rings is 1. The molecule has 1 aromatic carbocycles. The largest absolute Gasteiger partial charge is 0.374 e. The highest BCUT2D eigenvalue weighted by molar-refractivity contribution is 7.91. The summed E-state index contributed by atoms with van der Waals surface area (Å²) in [7, 11) is -6.72. The molecule has 1 aromatic rings. The number of rotatable bonds is 3. The van der Waals surface area contributed by atoms with Crippen LogP contribution in [-0.4, -0.2) is 46.6 Å². The summed E-state index contributed by atoms with van der Waals surface area (Å²) in [5, 5.41) is 0. The van der Waals surface area contributed by atoms with Crippen molar-refractivity contribution >= 4 is 19.9 Å². The van der Waals surface area contributed by atoms with Gasteiger partial charge in [-0.05, 0) is 56.4 Å². The number of sulfone groups is 1. The highest BCUT2D eigenvalue weighted by Gasteiger charge is 2.47. The van der Waals surface area contributed by atoms with Crippen LogP contribution in [0.1, 0.15) is 30.4 Å². The molecule has 0 unspecified atom stereocenters. The molecule has 6 nitrogen and oxygen atoms in total. The number of aryl methyl sites for hydroxylation is 2. The van der Waals surface area contributed by atoms with Gasteiger partial charge in [0.25, 0.3) is 0 Å². The fraction of sp³-hybridized carbons (Fsp3) is 0.625. The number of ether oxygens (including phenoxy) is 1. The molecule has 134 valence electrons. The van der Waals surface area contributed by atoms with Crippen molar-refractivity contribution < 1.29 is 21.6 Å². The first-order chi connectivity index (χ1) is 11.1. The Labute approximate surface area is 143 Å². The van der Waals surface area contributed by atoms with Crippen molar-refractivity contribution in [3.63, 3.8) is 0 Å². The molecule has 1 spiro atoms. The molecule has 2 heterocycles. The van der Waals surface area contributed by atoms with E-state index >= 15 is 0 Å². The van der Waals surface area contributed by atoms with Gasteiger partial charge in [-0.25, -0.2) is 21.6 Å². The van der Waals surface area contributed by atoms with Gasteiger partial charge < -0.3 is 4.74 Å². The normalized spacial score (nSPS) is 29.8. The minimum absolute atomic E-state index is 0.0120. The molecular formula is C16H23NO5S2. The third kappa shape index (κ3) is 3.66. The highest BCUT2D eigenvalue weighted by atomic mass is 32.2. The van der Waals surface area contributed by atoms with E-state index in [-0.39, 0.29) is 22.4 Å². The molecule has 2 aliphatic heterocycles. The lowest BCUT2D eigenvalue weighted by atomic mass is 9.90. The molecule has 0 amide bonds. The van der Waals surface area contributed by atoms with E-state index in [9.17, 15) is 16.8 Å². The van der Waals surface area contributed by atoms with Gasteiger partial charge in [0.05, 0.1) is 22.0 Å². The molecule has 0 aliphatic carbocycles. The van der Waals surface area contributed by atoms with E-state index in [1.54, 1.807) is 18.2 Å². The topological polar surface area (TPSA) is 89.5 Å². The standard InChI is InChI=1S/C16H23NO5S2/c1-12-3-4-15(9-13(12)2)24(20,21)17-14-5-7-22-16(10-14)6-8-23(18,19)11-16/h3-4,9,14,17H,5-8,10-11H2,1-2H3/t14-,16-/m0/s1. The van der Waals surface area contributed by atoms with Crippen LogP contribution in [0, 0.1) is 13.8 Å². The number of sulfonamides is 1. The Balaban J connectivity index is 1.76. The Hall–Kier alpha value is -0.960. The predicted octanol–water partition coefficient (Wildman–Crippen LogP) is 1.32. The maximum Gasteiger partial charge on any atom is 0.240 e. The van der Waals surface area contributed by atoms with Crippen molar-refractivity contribution in [1.29, 1.82) is 0 Å². The molecule has 8 heteroatoms. The summed E-state index contributed by atoms with van der Waals surface area (Å²) in [5.41, 5.74) is 1.23. The number of hydrogen-bond donors (Lipinski definition) is 1. The predicted molar refractivity (Wildman–Crippen MR) is 91.2 cm³/mol. The Bertz CT molecular complexity index is 847. The molecule has 0 aromatic heterocycles. The Kier molecular flexibility index (Phi) is 4.53. The lowest BCUT2D eigenvalue weighted by Crippen LogP contribution is -2.49. The first-order valence-electron chi connectivity index (χ1n) is 8.05. The van der Waals surface area contributed by atoms with Crippen LogP contribution >= 0.6 is 0 Å². The summed E-state index contributed by atoms with van der Waals surface area (Å²) in [6.07, 6.45) is 1.39. The summed E-state index contributed by atoms with van der Waals surface area (Å²) in [6.45, 7) is 4.18. The fourth-order valence-corrected chi connectivity index (χ4v) is 6.79. The SMILES string of the molecule is Cc1ccc(S(=O)(=O)N[C@H]2CCO[C@@]3(CCS(=O)(=O)C3)C2)cc1C. The van der Waals surface area contributed by atoms with Crippen LogP contribution in [0.3, 0.4) is 0 Å². The fourth-order valence-electron chi connectivity index (χ4n) is 3.46. The molecule has 0 radical (unpaired) electrons. The third-order valence-electron chi connectivity index (χ3n) is 4.96. The first kappa shape index (κ1) is 17.8. The Morgan fingerprint density at radius 1 is 1.25 bits per heavy atom. The number of hydrogen-bond acceptors (Lipinski definition) is 5. The zero-order chi connectivity index (χ0) is 17.6. The first-order valence-corrected chi connectivity index (χ1v) is 11.4. The second-order valence-corrected chi connectivity index (χ2v) is 10.8. The van der Waals surface area contributed by atoms with Crippen LogP contribution < -0.4 is 4.72 Å².